The van der Waals surface area contributed by atoms with Crippen LogP contribution in [0.4, 0.5) is 0 Å². The Balaban J connectivity index is 1.66. The first-order chi connectivity index (χ1) is 14.7. The summed E-state index contributed by atoms with van der Waals surface area (Å²) in [4.78, 5) is 19.0. The Kier molecular flexibility index (Phi) is 11.9. The third-order valence-electron chi connectivity index (χ3n) is 5.10. The molecule has 1 atom stereocenters. The number of likely N-dealkylation sites (tertiary alicyclic amines) is 1. The third-order valence-corrected chi connectivity index (χ3v) is 5.10. The number of ether oxygens (including phenoxy) is 2. The van der Waals surface area contributed by atoms with Crippen molar-refractivity contribution >= 4 is 11.9 Å². The highest BCUT2D eigenvalue weighted by atomic mass is 16.5. The lowest BCUT2D eigenvalue weighted by molar-refractivity contribution is -0.127. The predicted octanol–water partition coefficient (Wildman–Crippen LogP) is 2.08. The number of aliphatic imine (C=N–C) groups is 1. The molecule has 7 heteroatoms. The Morgan fingerprint density at radius 2 is 2.00 bits per heavy atom. The first-order valence-electron chi connectivity index (χ1n) is 11.1. The van der Waals surface area contributed by atoms with Crippen molar-refractivity contribution in [3.05, 3.63) is 35.9 Å². The Morgan fingerprint density at radius 3 is 2.77 bits per heavy atom. The lowest BCUT2D eigenvalue weighted by Gasteiger charge is -2.16. The summed E-state index contributed by atoms with van der Waals surface area (Å²) in [6.45, 7) is 8.03. The lowest BCUT2D eigenvalue weighted by atomic mass is 10.1. The molecule has 2 N–H and O–H groups in total. The van der Waals surface area contributed by atoms with Gasteiger partial charge in [-0.15, -0.1) is 0 Å². The van der Waals surface area contributed by atoms with Crippen LogP contribution in [-0.4, -0.2) is 76.4 Å². The van der Waals surface area contributed by atoms with E-state index in [1.54, 1.807) is 7.11 Å². The molecule has 168 valence electrons. The van der Waals surface area contributed by atoms with Crippen molar-refractivity contribution in [2.45, 2.75) is 32.6 Å². The molecule has 1 amide bonds. The average molecular weight is 419 g/mol. The van der Waals surface area contributed by atoms with Crippen molar-refractivity contribution in [3.63, 3.8) is 0 Å². The van der Waals surface area contributed by atoms with Crippen molar-refractivity contribution in [2.75, 3.05) is 59.7 Å². The smallest absolute Gasteiger partial charge is 0.223 e. The van der Waals surface area contributed by atoms with Gasteiger partial charge in [0.05, 0.1) is 13.2 Å². The zero-order valence-electron chi connectivity index (χ0n) is 18.6. The number of hydrogen-bond donors (Lipinski definition) is 2. The van der Waals surface area contributed by atoms with E-state index in [0.29, 0.717) is 26.2 Å². The molecule has 1 saturated heterocycles. The number of rotatable bonds is 14. The van der Waals surface area contributed by atoms with Gasteiger partial charge in [-0.05, 0) is 31.7 Å². The van der Waals surface area contributed by atoms with E-state index < -0.39 is 0 Å². The molecule has 1 aromatic carbocycles. The molecule has 1 fully saturated rings. The minimum absolute atomic E-state index is 0.248. The predicted molar refractivity (Wildman–Crippen MR) is 121 cm³/mol. The summed E-state index contributed by atoms with van der Waals surface area (Å²) in [5.74, 6) is 1.36. The second-order valence-corrected chi connectivity index (χ2v) is 7.60. The van der Waals surface area contributed by atoms with Crippen LogP contribution >= 0.6 is 0 Å². The molecule has 0 saturated carbocycles. The van der Waals surface area contributed by atoms with Crippen LogP contribution in [0, 0.1) is 5.92 Å². The maximum absolute atomic E-state index is 12.3. The van der Waals surface area contributed by atoms with Gasteiger partial charge in [0.2, 0.25) is 5.91 Å². The van der Waals surface area contributed by atoms with Crippen molar-refractivity contribution in [1.82, 2.24) is 15.5 Å². The second kappa shape index (κ2) is 14.8. The Morgan fingerprint density at radius 1 is 1.17 bits per heavy atom. The summed E-state index contributed by atoms with van der Waals surface area (Å²) in [5, 5.41) is 6.66. The number of nitrogens with zero attached hydrogens (tertiary/aromatic N) is 2. The molecule has 1 unspecified atom stereocenters. The van der Waals surface area contributed by atoms with E-state index in [0.717, 1.165) is 58.0 Å². The molecule has 0 aliphatic carbocycles. The van der Waals surface area contributed by atoms with Gasteiger partial charge in [-0.3, -0.25) is 9.79 Å². The van der Waals surface area contributed by atoms with Gasteiger partial charge in [-0.25, -0.2) is 0 Å². The van der Waals surface area contributed by atoms with Crippen LogP contribution in [0.1, 0.15) is 31.7 Å². The van der Waals surface area contributed by atoms with Crippen LogP contribution in [0.5, 0.6) is 0 Å². The summed E-state index contributed by atoms with van der Waals surface area (Å²) >= 11 is 0. The average Bonchev–Trinajstić information content (AvgIpc) is 3.12. The quantitative estimate of drug-likeness (QED) is 0.275. The molecule has 1 aromatic rings. The minimum Gasteiger partial charge on any atom is -0.382 e. The summed E-state index contributed by atoms with van der Waals surface area (Å²) in [6, 6.07) is 10.3. The van der Waals surface area contributed by atoms with E-state index in [1.807, 2.05) is 23.1 Å². The van der Waals surface area contributed by atoms with Gasteiger partial charge in [0.25, 0.3) is 0 Å². The fraction of sp³-hybridized carbons (Fsp3) is 0.652. The normalized spacial score (nSPS) is 16.9. The maximum Gasteiger partial charge on any atom is 0.223 e. The maximum atomic E-state index is 12.3. The highest BCUT2D eigenvalue weighted by Gasteiger charge is 2.28. The number of carbonyl (C=O) groups is 1. The number of benzene rings is 1. The SMILES string of the molecule is CCNC(=NCC1CC(=O)N(CCc2ccccc2)C1)NCCCCOCCOC. The molecule has 7 nitrogen and oxygen atoms in total. The molecule has 0 bridgehead atoms. The molecule has 0 spiro atoms. The number of amides is 1. The highest BCUT2D eigenvalue weighted by molar-refractivity contribution is 5.80. The molecule has 30 heavy (non-hydrogen) atoms. The summed E-state index contributed by atoms with van der Waals surface area (Å²) in [5.41, 5.74) is 1.27. The largest absolute Gasteiger partial charge is 0.382 e. The first-order valence-corrected chi connectivity index (χ1v) is 11.1. The molecule has 0 radical (unpaired) electrons. The number of hydrogen-bond acceptors (Lipinski definition) is 4. The fourth-order valence-corrected chi connectivity index (χ4v) is 3.44. The van der Waals surface area contributed by atoms with Crippen LogP contribution < -0.4 is 10.6 Å². The topological polar surface area (TPSA) is 75.2 Å². The van der Waals surface area contributed by atoms with E-state index in [1.165, 1.54) is 5.56 Å². The van der Waals surface area contributed by atoms with E-state index in [2.05, 4.69) is 29.7 Å². The zero-order chi connectivity index (χ0) is 21.4. The molecule has 1 heterocycles. The first kappa shape index (κ1) is 24.2. The fourth-order valence-electron chi connectivity index (χ4n) is 3.44. The lowest BCUT2D eigenvalue weighted by Crippen LogP contribution is -2.38. The van der Waals surface area contributed by atoms with Gasteiger partial charge in [0.15, 0.2) is 5.96 Å². The number of carbonyl (C=O) groups excluding carboxylic acids is 1. The van der Waals surface area contributed by atoms with Crippen molar-refractivity contribution in [1.29, 1.82) is 0 Å². The van der Waals surface area contributed by atoms with Gasteiger partial charge in [-0.2, -0.15) is 0 Å². The van der Waals surface area contributed by atoms with Crippen LogP contribution in [0.3, 0.4) is 0 Å². The number of unbranched alkanes of at least 4 members (excludes halogenated alkanes) is 1. The molecule has 1 aliphatic heterocycles. The van der Waals surface area contributed by atoms with Gasteiger partial charge in [-0.1, -0.05) is 30.3 Å². The van der Waals surface area contributed by atoms with Gasteiger partial charge in [0.1, 0.15) is 0 Å². The zero-order valence-corrected chi connectivity index (χ0v) is 18.6. The van der Waals surface area contributed by atoms with Gasteiger partial charge in [0, 0.05) is 58.8 Å². The molecule has 2 rings (SSSR count). The monoisotopic (exact) mass is 418 g/mol. The van der Waals surface area contributed by atoms with Gasteiger partial charge >= 0.3 is 0 Å². The second-order valence-electron chi connectivity index (χ2n) is 7.60. The molecule has 0 aromatic heterocycles. The minimum atomic E-state index is 0.248. The summed E-state index contributed by atoms with van der Waals surface area (Å²) < 4.78 is 10.4. The number of guanidine groups is 1. The molecular formula is C23H38N4O3. The van der Waals surface area contributed by atoms with Crippen molar-refractivity contribution in [3.8, 4) is 0 Å². The number of nitrogens with one attached hydrogen (secondary N) is 2. The molecular weight excluding hydrogens is 380 g/mol. The third kappa shape index (κ3) is 9.59. The Hall–Kier alpha value is -2.12. The van der Waals surface area contributed by atoms with E-state index in [9.17, 15) is 4.79 Å². The van der Waals surface area contributed by atoms with Crippen LogP contribution in [0.25, 0.3) is 0 Å². The van der Waals surface area contributed by atoms with Crippen LogP contribution in [-0.2, 0) is 20.7 Å². The van der Waals surface area contributed by atoms with E-state index in [4.69, 9.17) is 14.5 Å². The van der Waals surface area contributed by atoms with Crippen molar-refractivity contribution < 1.29 is 14.3 Å². The number of methoxy groups -OCH3 is 1. The van der Waals surface area contributed by atoms with Crippen molar-refractivity contribution in [2.24, 2.45) is 10.9 Å². The van der Waals surface area contributed by atoms with Gasteiger partial charge < -0.3 is 25.0 Å². The molecule has 1 aliphatic rings. The highest BCUT2D eigenvalue weighted by Crippen LogP contribution is 2.18. The van der Waals surface area contributed by atoms with E-state index in [-0.39, 0.29) is 11.8 Å². The Bertz CT molecular complexity index is 624. The summed E-state index contributed by atoms with van der Waals surface area (Å²) in [6.07, 6.45) is 3.52. The van der Waals surface area contributed by atoms with Crippen LogP contribution in [0.15, 0.2) is 35.3 Å². The standard InChI is InChI=1S/C23H38N4O3/c1-3-24-23(25-12-7-8-14-30-16-15-29-2)26-18-21-17-22(28)27(19-21)13-11-20-9-5-4-6-10-20/h4-6,9-10,21H,3,7-8,11-19H2,1-2H3,(H2,24,25,26). The van der Waals surface area contributed by atoms with Crippen LogP contribution in [0.2, 0.25) is 0 Å². The Labute approximate surface area is 181 Å². The summed E-state index contributed by atoms with van der Waals surface area (Å²) in [7, 11) is 1.68. The van der Waals surface area contributed by atoms with E-state index >= 15 is 0 Å².